The number of hydrogen-bond donors (Lipinski definition) is 0. The van der Waals surface area contributed by atoms with Crippen molar-refractivity contribution in [2.24, 2.45) is 22.9 Å². The van der Waals surface area contributed by atoms with Gasteiger partial charge in [0.1, 0.15) is 23.3 Å². The quantitative estimate of drug-likeness (QED) is 0.601. The molecule has 0 N–H and O–H groups in total. The first-order chi connectivity index (χ1) is 16.5. The van der Waals surface area contributed by atoms with Crippen LogP contribution in [-0.4, -0.2) is 42.1 Å². The summed E-state index contributed by atoms with van der Waals surface area (Å²) in [6, 6.07) is 10.6. The maximum absolute atomic E-state index is 13.1. The van der Waals surface area contributed by atoms with Crippen LogP contribution in [-0.2, 0) is 19.1 Å². The van der Waals surface area contributed by atoms with Gasteiger partial charge in [-0.2, -0.15) is 5.10 Å². The van der Waals surface area contributed by atoms with Gasteiger partial charge in [-0.1, -0.05) is 6.42 Å². The third-order valence-electron chi connectivity index (χ3n) is 7.18. The number of fused-ring (bicyclic) bond motifs is 2. The molecule has 3 unspecified atom stereocenters. The average Bonchev–Trinajstić information content (AvgIpc) is 3.52. The smallest absolute Gasteiger partial charge is 0.309 e. The molecule has 2 heterocycles. The number of hydrogen-bond acceptors (Lipinski definition) is 7. The van der Waals surface area contributed by atoms with Gasteiger partial charge in [-0.05, 0) is 67.6 Å². The summed E-state index contributed by atoms with van der Waals surface area (Å²) in [5.74, 6) is 0.433. The molecule has 2 saturated carbocycles. The standard InChI is InChI=1S/C26H28N2O6/c1-32-20-9-7-16(8-10-20)21-14-22(23-6-3-11-33-23)28(27-21)24(29)15-34-26(31)19-12-17-4-2-5-18(13-19)25(17)30/h3,6-11,17-19,22H,2,4-5,12-15H2,1H3. The second-order valence-electron chi connectivity index (χ2n) is 9.25. The van der Waals surface area contributed by atoms with Crippen molar-refractivity contribution in [3.63, 3.8) is 0 Å². The van der Waals surface area contributed by atoms with Crippen LogP contribution < -0.4 is 4.74 Å². The highest BCUT2D eigenvalue weighted by molar-refractivity contribution is 6.03. The number of ether oxygens (including phenoxy) is 2. The highest BCUT2D eigenvalue weighted by Gasteiger charge is 2.42. The Kier molecular flexibility index (Phi) is 6.22. The predicted octanol–water partition coefficient (Wildman–Crippen LogP) is 3.90. The number of benzene rings is 1. The van der Waals surface area contributed by atoms with Gasteiger partial charge in [0.05, 0.1) is 25.0 Å². The van der Waals surface area contributed by atoms with E-state index in [1.165, 1.54) is 5.01 Å². The number of carbonyl (C=O) groups is 3. The van der Waals surface area contributed by atoms with Crippen LogP contribution in [0.25, 0.3) is 0 Å². The van der Waals surface area contributed by atoms with Crippen LogP contribution in [0.5, 0.6) is 5.75 Å². The zero-order valence-corrected chi connectivity index (χ0v) is 19.1. The van der Waals surface area contributed by atoms with Crippen molar-refractivity contribution in [3.05, 3.63) is 54.0 Å². The molecular weight excluding hydrogens is 436 g/mol. The predicted molar refractivity (Wildman–Crippen MR) is 122 cm³/mol. The molecular formula is C26H28N2O6. The minimum Gasteiger partial charge on any atom is -0.497 e. The summed E-state index contributed by atoms with van der Waals surface area (Å²) in [6.45, 7) is -0.394. The Hall–Kier alpha value is -3.42. The van der Waals surface area contributed by atoms with Crippen molar-refractivity contribution in [2.75, 3.05) is 13.7 Å². The van der Waals surface area contributed by atoms with E-state index in [9.17, 15) is 14.4 Å². The van der Waals surface area contributed by atoms with Crippen molar-refractivity contribution in [1.29, 1.82) is 0 Å². The zero-order valence-electron chi connectivity index (χ0n) is 19.1. The number of methoxy groups -OCH3 is 1. The molecule has 3 aliphatic rings. The van der Waals surface area contributed by atoms with E-state index in [4.69, 9.17) is 13.9 Å². The van der Waals surface area contributed by atoms with Gasteiger partial charge >= 0.3 is 5.97 Å². The zero-order chi connectivity index (χ0) is 23.7. The summed E-state index contributed by atoms with van der Waals surface area (Å²) in [6.07, 6.45) is 5.83. The fourth-order valence-electron chi connectivity index (χ4n) is 5.39. The lowest BCUT2D eigenvalue weighted by Crippen LogP contribution is -2.40. The molecule has 0 radical (unpaired) electrons. The number of rotatable bonds is 6. The Morgan fingerprint density at radius 1 is 1.12 bits per heavy atom. The lowest BCUT2D eigenvalue weighted by Gasteiger charge is -2.36. The Morgan fingerprint density at radius 3 is 2.50 bits per heavy atom. The van der Waals surface area contributed by atoms with Crippen molar-refractivity contribution in [3.8, 4) is 5.75 Å². The number of carbonyl (C=O) groups excluding carboxylic acids is 3. The summed E-state index contributed by atoms with van der Waals surface area (Å²) in [4.78, 5) is 38.1. The van der Waals surface area contributed by atoms with Crippen LogP contribution in [0.15, 0.2) is 52.2 Å². The lowest BCUT2D eigenvalue weighted by molar-refractivity contribution is -0.159. The summed E-state index contributed by atoms with van der Waals surface area (Å²) < 4.78 is 16.2. The first-order valence-corrected chi connectivity index (χ1v) is 11.8. The van der Waals surface area contributed by atoms with Gasteiger partial charge in [-0.25, -0.2) is 5.01 Å². The number of amides is 1. The Morgan fingerprint density at radius 2 is 1.85 bits per heavy atom. The monoisotopic (exact) mass is 464 g/mol. The molecule has 8 heteroatoms. The summed E-state index contributed by atoms with van der Waals surface area (Å²) in [7, 11) is 1.61. The highest BCUT2D eigenvalue weighted by atomic mass is 16.5. The van der Waals surface area contributed by atoms with Crippen LogP contribution in [0.4, 0.5) is 0 Å². The molecule has 2 fully saturated rings. The van der Waals surface area contributed by atoms with Gasteiger partial charge in [0, 0.05) is 18.3 Å². The topological polar surface area (TPSA) is 98.4 Å². The van der Waals surface area contributed by atoms with E-state index >= 15 is 0 Å². The Balaban J connectivity index is 1.27. The fraction of sp³-hybridized carbons (Fsp3) is 0.462. The Bertz CT molecular complexity index is 1080. The number of Topliss-reactive ketones (excluding diaryl/α,β-unsaturated/α-hetero) is 1. The van der Waals surface area contributed by atoms with E-state index in [2.05, 4.69) is 5.10 Å². The maximum Gasteiger partial charge on any atom is 0.309 e. The molecule has 1 aromatic heterocycles. The van der Waals surface area contributed by atoms with Gasteiger partial charge in [0.15, 0.2) is 6.61 Å². The van der Waals surface area contributed by atoms with Crippen LogP contribution in [0.1, 0.15) is 55.9 Å². The molecule has 1 aromatic carbocycles. The molecule has 0 spiro atoms. The van der Waals surface area contributed by atoms with Crippen molar-refractivity contribution in [2.45, 2.75) is 44.6 Å². The van der Waals surface area contributed by atoms with Crippen molar-refractivity contribution in [1.82, 2.24) is 5.01 Å². The second-order valence-corrected chi connectivity index (χ2v) is 9.25. The molecule has 2 bridgehead atoms. The molecule has 0 saturated heterocycles. The highest BCUT2D eigenvalue weighted by Crippen LogP contribution is 2.40. The molecule has 2 aromatic rings. The lowest BCUT2D eigenvalue weighted by atomic mass is 9.67. The summed E-state index contributed by atoms with van der Waals surface area (Å²) in [5.41, 5.74) is 1.62. The number of nitrogens with zero attached hydrogens (tertiary/aromatic N) is 2. The molecule has 5 rings (SSSR count). The molecule has 1 aliphatic heterocycles. The number of ketones is 1. The average molecular weight is 465 g/mol. The van der Waals surface area contributed by atoms with Gasteiger partial charge in [0.2, 0.25) is 0 Å². The molecule has 34 heavy (non-hydrogen) atoms. The first-order valence-electron chi connectivity index (χ1n) is 11.8. The van der Waals surface area contributed by atoms with Crippen molar-refractivity contribution < 1.29 is 28.3 Å². The summed E-state index contributed by atoms with van der Waals surface area (Å²) >= 11 is 0. The molecule has 3 atom stereocenters. The minimum atomic E-state index is -0.412. The van der Waals surface area contributed by atoms with E-state index in [0.717, 1.165) is 36.3 Å². The van der Waals surface area contributed by atoms with Gasteiger partial charge in [-0.15, -0.1) is 0 Å². The SMILES string of the molecule is COc1ccc(C2=NN(C(=O)COC(=O)C3CC4CCCC(C3)C4=O)C(c3ccco3)C2)cc1. The van der Waals surface area contributed by atoms with E-state index in [-0.39, 0.29) is 17.8 Å². The van der Waals surface area contributed by atoms with Crippen LogP contribution >= 0.6 is 0 Å². The van der Waals surface area contributed by atoms with E-state index in [1.54, 1.807) is 25.5 Å². The molecule has 1 amide bonds. The number of furan rings is 1. The second kappa shape index (κ2) is 9.44. The van der Waals surface area contributed by atoms with Crippen LogP contribution in [0, 0.1) is 17.8 Å². The van der Waals surface area contributed by atoms with Gasteiger partial charge in [0.25, 0.3) is 5.91 Å². The molecule has 178 valence electrons. The Labute approximate surface area is 197 Å². The van der Waals surface area contributed by atoms with Gasteiger partial charge < -0.3 is 13.9 Å². The van der Waals surface area contributed by atoms with Gasteiger partial charge in [-0.3, -0.25) is 14.4 Å². The van der Waals surface area contributed by atoms with E-state index < -0.39 is 24.5 Å². The largest absolute Gasteiger partial charge is 0.497 e. The molecule has 8 nitrogen and oxygen atoms in total. The third kappa shape index (κ3) is 4.36. The maximum atomic E-state index is 13.1. The normalized spacial score (nSPS) is 26.2. The van der Waals surface area contributed by atoms with E-state index in [1.807, 2.05) is 24.3 Å². The van der Waals surface area contributed by atoms with Crippen LogP contribution in [0.2, 0.25) is 0 Å². The third-order valence-corrected chi connectivity index (χ3v) is 7.18. The summed E-state index contributed by atoms with van der Waals surface area (Å²) in [5, 5.41) is 5.91. The first kappa shape index (κ1) is 22.4. The number of esters is 1. The minimum absolute atomic E-state index is 0.0423. The van der Waals surface area contributed by atoms with Crippen LogP contribution in [0.3, 0.4) is 0 Å². The number of hydrazone groups is 1. The molecule has 2 aliphatic carbocycles. The van der Waals surface area contributed by atoms with E-state index in [0.29, 0.717) is 30.8 Å². The van der Waals surface area contributed by atoms with Crippen molar-refractivity contribution >= 4 is 23.4 Å². The fourth-order valence-corrected chi connectivity index (χ4v) is 5.39.